The first kappa shape index (κ1) is 16.0. The van der Waals surface area contributed by atoms with Crippen LogP contribution in [0.1, 0.15) is 29.6 Å². The monoisotopic (exact) mass is 333 g/mol. The van der Waals surface area contributed by atoms with Crippen LogP contribution in [0.2, 0.25) is 0 Å². The average molecular weight is 333 g/mol. The third-order valence-corrected chi connectivity index (χ3v) is 4.29. The molecule has 2 aromatic rings. The molecule has 1 aromatic heterocycles. The molecule has 7 heteroatoms. The summed E-state index contributed by atoms with van der Waals surface area (Å²) in [6, 6.07) is 7.29. The van der Waals surface area contributed by atoms with Crippen LogP contribution in [0.5, 0.6) is 0 Å². The molecule has 0 radical (unpaired) electrons. The number of benzene rings is 1. The maximum atomic E-state index is 12.1. The molecular weight excluding hydrogens is 314 g/mol. The first-order chi connectivity index (χ1) is 11.3. The van der Waals surface area contributed by atoms with E-state index in [0.717, 1.165) is 30.1 Å². The summed E-state index contributed by atoms with van der Waals surface area (Å²) in [5, 5.41) is 0.903. The van der Waals surface area contributed by atoms with Gasteiger partial charge in [-0.2, -0.15) is 0 Å². The van der Waals surface area contributed by atoms with E-state index in [9.17, 15) is 4.79 Å². The minimum Gasteiger partial charge on any atom is -0.350 e. The smallest absolute Gasteiger partial charge is 0.274 e. The molecule has 0 aliphatic carbocycles. The van der Waals surface area contributed by atoms with Gasteiger partial charge in [0.25, 0.3) is 5.91 Å². The number of nitrogens with zero attached hydrogens (tertiary/aromatic N) is 2. The number of nitrogens with one attached hydrogen (secondary N) is 1. The van der Waals surface area contributed by atoms with E-state index in [1.807, 2.05) is 29.2 Å². The van der Waals surface area contributed by atoms with Crippen molar-refractivity contribution in [3.63, 3.8) is 0 Å². The lowest BCUT2D eigenvalue weighted by atomic mass is 10.2. The Morgan fingerprint density at radius 1 is 1.39 bits per heavy atom. The van der Waals surface area contributed by atoms with Crippen LogP contribution in [0.25, 0.3) is 5.69 Å². The van der Waals surface area contributed by atoms with Crippen molar-refractivity contribution in [1.29, 1.82) is 0 Å². The lowest BCUT2D eigenvalue weighted by molar-refractivity contribution is -0.186. The topological polar surface area (TPSA) is 65.4 Å². The standard InChI is InChI=1S/C16H19N3O3S/c1-23-16-17-9-10-19(16)13-7-5-12(6-8-13)15(20)18-22-14-4-2-3-11-21-14/h5-10,14H,2-4,11H2,1H3,(H,18,20)/t14-/m0/s1. The zero-order valence-electron chi connectivity index (χ0n) is 12.9. The molecule has 1 aliphatic heterocycles. The van der Waals surface area contributed by atoms with Crippen molar-refractivity contribution >= 4 is 17.7 Å². The number of ether oxygens (including phenoxy) is 1. The van der Waals surface area contributed by atoms with Crippen molar-refractivity contribution < 1.29 is 14.4 Å². The fourth-order valence-corrected chi connectivity index (χ4v) is 2.92. The number of hydrogen-bond donors (Lipinski definition) is 1. The summed E-state index contributed by atoms with van der Waals surface area (Å²) in [6.45, 7) is 0.678. The van der Waals surface area contributed by atoms with Gasteiger partial charge in [-0.15, -0.1) is 0 Å². The van der Waals surface area contributed by atoms with Gasteiger partial charge < -0.3 is 4.74 Å². The molecule has 1 aromatic carbocycles. The van der Waals surface area contributed by atoms with E-state index in [-0.39, 0.29) is 12.2 Å². The highest BCUT2D eigenvalue weighted by atomic mass is 32.2. The van der Waals surface area contributed by atoms with Gasteiger partial charge in [0.2, 0.25) is 0 Å². The Bertz CT molecular complexity index is 651. The fraction of sp³-hybridized carbons (Fsp3) is 0.375. The van der Waals surface area contributed by atoms with Crippen molar-refractivity contribution in [2.75, 3.05) is 12.9 Å². The number of aromatic nitrogens is 2. The third-order valence-electron chi connectivity index (χ3n) is 3.62. The normalized spacial score (nSPS) is 17.9. The average Bonchev–Trinajstić information content (AvgIpc) is 3.09. The van der Waals surface area contributed by atoms with Crippen molar-refractivity contribution in [1.82, 2.24) is 15.0 Å². The van der Waals surface area contributed by atoms with E-state index in [1.165, 1.54) is 0 Å². The zero-order chi connectivity index (χ0) is 16.1. The molecule has 0 bridgehead atoms. The molecule has 0 unspecified atom stereocenters. The van der Waals surface area contributed by atoms with E-state index in [1.54, 1.807) is 30.1 Å². The highest BCUT2D eigenvalue weighted by Crippen LogP contribution is 2.18. The number of hydrogen-bond acceptors (Lipinski definition) is 5. The summed E-state index contributed by atoms with van der Waals surface area (Å²) < 4.78 is 7.38. The molecule has 1 saturated heterocycles. The Kier molecular flexibility index (Phi) is 5.32. The molecule has 1 N–H and O–H groups in total. The summed E-state index contributed by atoms with van der Waals surface area (Å²) in [6.07, 6.45) is 8.18. The third kappa shape index (κ3) is 3.93. The van der Waals surface area contributed by atoms with Crippen LogP contribution < -0.4 is 5.48 Å². The molecule has 1 fully saturated rings. The fourth-order valence-electron chi connectivity index (χ4n) is 2.39. The van der Waals surface area contributed by atoms with Crippen LogP contribution in [0.15, 0.2) is 41.8 Å². The van der Waals surface area contributed by atoms with Crippen molar-refractivity contribution in [2.45, 2.75) is 30.7 Å². The Hall–Kier alpha value is -1.83. The van der Waals surface area contributed by atoms with Crippen molar-refractivity contribution in [2.24, 2.45) is 0 Å². The van der Waals surface area contributed by atoms with Crippen LogP contribution in [-0.4, -0.2) is 34.6 Å². The molecule has 0 saturated carbocycles. The number of carbonyl (C=O) groups is 1. The second-order valence-corrected chi connectivity index (χ2v) is 5.95. The van der Waals surface area contributed by atoms with E-state index in [4.69, 9.17) is 9.57 Å². The number of rotatable bonds is 5. The molecule has 3 rings (SSSR count). The lowest BCUT2D eigenvalue weighted by Gasteiger charge is -2.22. The summed E-state index contributed by atoms with van der Waals surface area (Å²) >= 11 is 1.57. The van der Waals surface area contributed by atoms with Gasteiger partial charge in [-0.25, -0.2) is 15.3 Å². The van der Waals surface area contributed by atoms with Gasteiger partial charge in [0.05, 0.1) is 0 Å². The van der Waals surface area contributed by atoms with Gasteiger partial charge in [-0.1, -0.05) is 11.8 Å². The Balaban J connectivity index is 1.61. The minimum atomic E-state index is -0.345. The van der Waals surface area contributed by atoms with Gasteiger partial charge in [0, 0.05) is 36.7 Å². The first-order valence-electron chi connectivity index (χ1n) is 7.53. The largest absolute Gasteiger partial charge is 0.350 e. The van der Waals surface area contributed by atoms with Crippen molar-refractivity contribution in [3.05, 3.63) is 42.2 Å². The molecular formula is C16H19N3O3S. The Morgan fingerprint density at radius 3 is 2.91 bits per heavy atom. The number of hydroxylamine groups is 1. The van der Waals surface area contributed by atoms with E-state index in [2.05, 4.69) is 10.5 Å². The molecule has 1 amide bonds. The van der Waals surface area contributed by atoms with Gasteiger partial charge >= 0.3 is 0 Å². The minimum absolute atomic E-state index is 0.276. The quantitative estimate of drug-likeness (QED) is 0.673. The number of amides is 1. The number of imidazole rings is 1. The molecule has 122 valence electrons. The molecule has 0 spiro atoms. The van der Waals surface area contributed by atoms with Crippen LogP contribution in [0.4, 0.5) is 0 Å². The highest BCUT2D eigenvalue weighted by molar-refractivity contribution is 7.98. The van der Waals surface area contributed by atoms with E-state index in [0.29, 0.717) is 12.2 Å². The van der Waals surface area contributed by atoms with Gasteiger partial charge in [0.1, 0.15) is 0 Å². The molecule has 23 heavy (non-hydrogen) atoms. The number of thioether (sulfide) groups is 1. The van der Waals surface area contributed by atoms with E-state index >= 15 is 0 Å². The Morgan fingerprint density at radius 2 is 2.22 bits per heavy atom. The lowest BCUT2D eigenvalue weighted by Crippen LogP contribution is -2.33. The van der Waals surface area contributed by atoms with Crippen LogP contribution in [0.3, 0.4) is 0 Å². The molecule has 6 nitrogen and oxygen atoms in total. The zero-order valence-corrected chi connectivity index (χ0v) is 13.7. The summed E-state index contributed by atoms with van der Waals surface area (Å²) in [4.78, 5) is 21.7. The van der Waals surface area contributed by atoms with Crippen LogP contribution in [-0.2, 0) is 9.57 Å². The van der Waals surface area contributed by atoms with Gasteiger partial charge in [-0.05, 0) is 43.4 Å². The predicted octanol–water partition coefficient (Wildman–Crippen LogP) is 2.78. The van der Waals surface area contributed by atoms with Gasteiger partial charge in [-0.3, -0.25) is 9.36 Å². The highest BCUT2D eigenvalue weighted by Gasteiger charge is 2.16. The van der Waals surface area contributed by atoms with Crippen LogP contribution in [0, 0.1) is 0 Å². The number of carbonyl (C=O) groups excluding carboxylic acids is 1. The first-order valence-corrected chi connectivity index (χ1v) is 8.76. The molecule has 2 heterocycles. The SMILES string of the molecule is CSc1nccn1-c1ccc(C(=O)NO[C@H]2CCCCO2)cc1. The summed E-state index contributed by atoms with van der Waals surface area (Å²) in [5.41, 5.74) is 3.95. The Labute approximate surface area is 139 Å². The molecule has 1 aliphatic rings. The van der Waals surface area contributed by atoms with Crippen LogP contribution >= 0.6 is 11.8 Å². The summed E-state index contributed by atoms with van der Waals surface area (Å²) in [7, 11) is 0. The van der Waals surface area contributed by atoms with Crippen molar-refractivity contribution in [3.8, 4) is 5.69 Å². The molecule has 1 atom stereocenters. The maximum absolute atomic E-state index is 12.1. The second kappa shape index (κ2) is 7.63. The van der Waals surface area contributed by atoms with Gasteiger partial charge in [0.15, 0.2) is 11.4 Å². The van der Waals surface area contributed by atoms with E-state index < -0.39 is 0 Å². The summed E-state index contributed by atoms with van der Waals surface area (Å²) in [5.74, 6) is -0.276. The second-order valence-electron chi connectivity index (χ2n) is 5.18. The predicted molar refractivity (Wildman–Crippen MR) is 87.5 cm³/mol. The maximum Gasteiger partial charge on any atom is 0.274 e.